The highest BCUT2D eigenvalue weighted by atomic mass is 35.5. The van der Waals surface area contributed by atoms with Crippen molar-refractivity contribution in [2.75, 3.05) is 11.9 Å². The highest BCUT2D eigenvalue weighted by Gasteiger charge is 2.62. The number of aromatic nitrogens is 2. The summed E-state index contributed by atoms with van der Waals surface area (Å²) in [5.74, 6) is 0.823. The predicted octanol–water partition coefficient (Wildman–Crippen LogP) is 4.22. The van der Waals surface area contributed by atoms with Crippen molar-refractivity contribution in [3.8, 4) is 0 Å². The number of carbonyl (C=O) groups is 1. The summed E-state index contributed by atoms with van der Waals surface area (Å²) >= 11 is 0. The highest BCUT2D eigenvalue weighted by Crippen LogP contribution is 2.50. The van der Waals surface area contributed by atoms with Gasteiger partial charge in [-0.05, 0) is 31.5 Å². The lowest BCUT2D eigenvalue weighted by atomic mass is 9.54. The van der Waals surface area contributed by atoms with Crippen molar-refractivity contribution in [1.82, 2.24) is 9.97 Å². The van der Waals surface area contributed by atoms with Crippen molar-refractivity contribution in [2.24, 2.45) is 11.1 Å². The summed E-state index contributed by atoms with van der Waals surface area (Å²) in [5.41, 5.74) is 7.69. The van der Waals surface area contributed by atoms with E-state index >= 15 is 0 Å². The lowest BCUT2D eigenvalue weighted by Crippen LogP contribution is -2.74. The largest absolute Gasteiger partial charge is 0.378 e. The monoisotopic (exact) mass is 430 g/mol. The van der Waals surface area contributed by atoms with Crippen LogP contribution in [-0.2, 0) is 16.0 Å². The van der Waals surface area contributed by atoms with Crippen molar-refractivity contribution < 1.29 is 9.53 Å². The highest BCUT2D eigenvalue weighted by molar-refractivity contribution is 6.00. The van der Waals surface area contributed by atoms with Crippen LogP contribution in [0.3, 0.4) is 0 Å². The standard InChI is InChI=1S/C20H30N4O2.2ClH/c1-5-7-8-17-23-14-10-9-13(11-15(14)24-17)22-18(25)20(21)12-16(26-6-2)19(20,3)4;;/h9-11,16H,5-8,12,21H2,1-4H3,(H,22,25)(H,23,24);2*1H. The van der Waals surface area contributed by atoms with Crippen LogP contribution in [0.15, 0.2) is 18.2 Å². The molecule has 2 atom stereocenters. The van der Waals surface area contributed by atoms with Gasteiger partial charge in [-0.25, -0.2) is 4.98 Å². The van der Waals surface area contributed by atoms with E-state index in [4.69, 9.17) is 10.5 Å². The minimum Gasteiger partial charge on any atom is -0.378 e. The molecule has 1 saturated carbocycles. The number of halogens is 2. The first kappa shape index (κ1) is 24.7. The summed E-state index contributed by atoms with van der Waals surface area (Å²) in [4.78, 5) is 20.8. The van der Waals surface area contributed by atoms with E-state index in [9.17, 15) is 4.79 Å². The van der Waals surface area contributed by atoms with Gasteiger partial charge in [0.2, 0.25) is 5.91 Å². The molecular weight excluding hydrogens is 399 g/mol. The average molecular weight is 431 g/mol. The average Bonchev–Trinajstić information content (AvgIpc) is 3.01. The van der Waals surface area contributed by atoms with Gasteiger partial charge in [-0.2, -0.15) is 0 Å². The minimum atomic E-state index is -0.929. The van der Waals surface area contributed by atoms with E-state index in [2.05, 4.69) is 22.2 Å². The number of carbonyl (C=O) groups excluding carboxylic acids is 1. The van der Waals surface area contributed by atoms with Gasteiger partial charge in [-0.15, -0.1) is 24.8 Å². The summed E-state index contributed by atoms with van der Waals surface area (Å²) in [6, 6.07) is 5.72. The van der Waals surface area contributed by atoms with Crippen molar-refractivity contribution >= 4 is 47.4 Å². The lowest BCUT2D eigenvalue weighted by Gasteiger charge is -2.57. The number of imidazole rings is 1. The van der Waals surface area contributed by atoms with Gasteiger partial charge in [0.05, 0.1) is 17.1 Å². The molecule has 1 aliphatic carbocycles. The van der Waals surface area contributed by atoms with E-state index in [0.717, 1.165) is 41.8 Å². The number of nitrogens with one attached hydrogen (secondary N) is 2. The summed E-state index contributed by atoms with van der Waals surface area (Å²) in [5, 5.41) is 2.98. The Labute approximate surface area is 179 Å². The maximum Gasteiger partial charge on any atom is 0.245 e. The number of hydrogen-bond acceptors (Lipinski definition) is 4. The number of ether oxygens (including phenoxy) is 1. The number of nitrogens with zero attached hydrogens (tertiary/aromatic N) is 1. The molecule has 28 heavy (non-hydrogen) atoms. The molecule has 1 heterocycles. The molecule has 1 aromatic carbocycles. The van der Waals surface area contributed by atoms with Crippen molar-refractivity contribution in [3.63, 3.8) is 0 Å². The van der Waals surface area contributed by atoms with Gasteiger partial charge >= 0.3 is 0 Å². The fourth-order valence-electron chi connectivity index (χ4n) is 3.67. The van der Waals surface area contributed by atoms with Crippen LogP contribution in [0.1, 0.15) is 52.8 Å². The summed E-state index contributed by atoms with van der Waals surface area (Å²) in [6.45, 7) is 8.74. The molecule has 4 N–H and O–H groups in total. The van der Waals surface area contributed by atoms with Crippen LogP contribution >= 0.6 is 24.8 Å². The van der Waals surface area contributed by atoms with Crippen LogP contribution < -0.4 is 11.1 Å². The quantitative estimate of drug-likeness (QED) is 0.612. The number of H-pyrrole nitrogens is 1. The smallest absolute Gasteiger partial charge is 0.245 e. The Bertz CT molecular complexity index is 809. The molecule has 1 aromatic heterocycles. The summed E-state index contributed by atoms with van der Waals surface area (Å²) in [7, 11) is 0. The number of aryl methyl sites for hydroxylation is 1. The number of fused-ring (bicyclic) bond motifs is 1. The van der Waals surface area contributed by atoms with Crippen LogP contribution in [0.2, 0.25) is 0 Å². The molecule has 1 aliphatic rings. The van der Waals surface area contributed by atoms with E-state index in [-0.39, 0.29) is 36.8 Å². The zero-order valence-electron chi connectivity index (χ0n) is 17.0. The Balaban J connectivity index is 0.00000196. The SMILES string of the molecule is CCCCc1nc2ccc(NC(=O)C3(N)CC(OCC)C3(C)C)cc2[nH]1.Cl.Cl. The van der Waals surface area contributed by atoms with Gasteiger partial charge in [-0.1, -0.05) is 27.2 Å². The Kier molecular flexibility index (Phi) is 8.33. The summed E-state index contributed by atoms with van der Waals surface area (Å²) < 4.78 is 5.71. The molecule has 2 unspecified atom stereocenters. The van der Waals surface area contributed by atoms with Crippen LogP contribution in [0.4, 0.5) is 5.69 Å². The Hall–Kier alpha value is -1.34. The molecule has 1 amide bonds. The number of nitrogens with two attached hydrogens (primary N) is 1. The molecule has 0 spiro atoms. The molecule has 1 fully saturated rings. The summed E-state index contributed by atoms with van der Waals surface area (Å²) in [6.07, 6.45) is 3.73. The molecule has 8 heteroatoms. The maximum atomic E-state index is 12.8. The minimum absolute atomic E-state index is 0. The van der Waals surface area contributed by atoms with Gasteiger partial charge < -0.3 is 20.8 Å². The third-order valence-electron chi connectivity index (χ3n) is 5.79. The zero-order chi connectivity index (χ0) is 18.9. The third-order valence-corrected chi connectivity index (χ3v) is 5.79. The van der Waals surface area contributed by atoms with Crippen LogP contribution in [0.5, 0.6) is 0 Å². The lowest BCUT2D eigenvalue weighted by molar-refractivity contribution is -0.166. The number of hydrogen-bond donors (Lipinski definition) is 3. The number of unbranched alkanes of at least 4 members (excludes halogenated alkanes) is 1. The topological polar surface area (TPSA) is 93.0 Å². The van der Waals surface area contributed by atoms with Crippen molar-refractivity contribution in [1.29, 1.82) is 0 Å². The molecule has 2 aromatic rings. The van der Waals surface area contributed by atoms with Gasteiger partial charge in [-0.3, -0.25) is 4.79 Å². The maximum absolute atomic E-state index is 12.8. The number of aromatic amines is 1. The van der Waals surface area contributed by atoms with Gasteiger partial charge in [0.15, 0.2) is 0 Å². The first-order chi connectivity index (χ1) is 12.3. The Morgan fingerprint density at radius 1 is 1.36 bits per heavy atom. The van der Waals surface area contributed by atoms with Gasteiger partial charge in [0.1, 0.15) is 11.4 Å². The number of anilines is 1. The molecule has 0 bridgehead atoms. The molecule has 0 saturated heterocycles. The second-order valence-electron chi connectivity index (χ2n) is 7.81. The zero-order valence-corrected chi connectivity index (χ0v) is 18.6. The van der Waals surface area contributed by atoms with Crippen LogP contribution in [0, 0.1) is 5.41 Å². The number of benzene rings is 1. The second-order valence-corrected chi connectivity index (χ2v) is 7.81. The number of rotatable bonds is 7. The molecule has 0 aliphatic heterocycles. The van der Waals surface area contributed by atoms with E-state index in [1.165, 1.54) is 0 Å². The molecular formula is C20H32Cl2N4O2. The Morgan fingerprint density at radius 3 is 2.68 bits per heavy atom. The van der Waals surface area contributed by atoms with Gasteiger partial charge in [0, 0.05) is 30.6 Å². The molecule has 158 valence electrons. The molecule has 3 rings (SSSR count). The van der Waals surface area contributed by atoms with E-state index in [1.807, 2.05) is 39.0 Å². The number of amides is 1. The molecule has 0 radical (unpaired) electrons. The van der Waals surface area contributed by atoms with E-state index in [0.29, 0.717) is 13.0 Å². The second kappa shape index (κ2) is 9.44. The van der Waals surface area contributed by atoms with Crippen LogP contribution in [0.25, 0.3) is 11.0 Å². The fourth-order valence-corrected chi connectivity index (χ4v) is 3.67. The van der Waals surface area contributed by atoms with Crippen LogP contribution in [-0.4, -0.2) is 34.1 Å². The van der Waals surface area contributed by atoms with Gasteiger partial charge in [0.25, 0.3) is 0 Å². The third kappa shape index (κ3) is 4.30. The van der Waals surface area contributed by atoms with Crippen molar-refractivity contribution in [3.05, 3.63) is 24.0 Å². The normalized spacial score (nSPS) is 22.7. The molecule has 6 nitrogen and oxygen atoms in total. The fraction of sp³-hybridized carbons (Fsp3) is 0.600. The Morgan fingerprint density at radius 2 is 2.07 bits per heavy atom. The van der Waals surface area contributed by atoms with E-state index < -0.39 is 11.0 Å². The first-order valence-corrected chi connectivity index (χ1v) is 9.52. The van der Waals surface area contributed by atoms with E-state index in [1.54, 1.807) is 0 Å². The predicted molar refractivity (Wildman–Crippen MR) is 119 cm³/mol. The van der Waals surface area contributed by atoms with Crippen molar-refractivity contribution in [2.45, 2.75) is 65.0 Å². The first-order valence-electron chi connectivity index (χ1n) is 9.52.